The quantitative estimate of drug-likeness (QED) is 0.443. The zero-order valence-corrected chi connectivity index (χ0v) is 9.50. The number of hydrogen-bond acceptors (Lipinski definition) is 6. The number of hydrogen-bond donors (Lipinski definition) is 2. The highest BCUT2D eigenvalue weighted by atomic mass is 32.2. The van der Waals surface area contributed by atoms with Crippen molar-refractivity contribution in [3.8, 4) is 0 Å². The van der Waals surface area contributed by atoms with Gasteiger partial charge in [0.15, 0.2) is 0 Å². The van der Waals surface area contributed by atoms with E-state index in [1.54, 1.807) is 0 Å². The molecule has 1 fully saturated rings. The molecule has 0 amide bonds. The molecule has 0 aliphatic carbocycles. The van der Waals surface area contributed by atoms with Gasteiger partial charge in [0, 0.05) is 12.6 Å². The molecule has 90 valence electrons. The van der Waals surface area contributed by atoms with Crippen LogP contribution in [0.25, 0.3) is 0 Å². The lowest BCUT2D eigenvalue weighted by Gasteiger charge is -2.10. The first-order valence-electron chi connectivity index (χ1n) is 4.81. The summed E-state index contributed by atoms with van der Waals surface area (Å²) in [4.78, 5) is 0. The Balaban J connectivity index is 2.21. The molecule has 1 saturated heterocycles. The van der Waals surface area contributed by atoms with Crippen LogP contribution in [-0.2, 0) is 19.0 Å². The van der Waals surface area contributed by atoms with Crippen LogP contribution in [0.15, 0.2) is 0 Å². The molecule has 6 nitrogen and oxygen atoms in total. The van der Waals surface area contributed by atoms with Crippen LogP contribution in [0.1, 0.15) is 6.42 Å². The molecule has 0 aromatic carbocycles. The summed E-state index contributed by atoms with van der Waals surface area (Å²) in [6, 6.07) is 0.100. The average Bonchev–Trinajstić information content (AvgIpc) is 2.50. The fourth-order valence-electron chi connectivity index (χ4n) is 1.52. The van der Waals surface area contributed by atoms with Gasteiger partial charge in [0.1, 0.15) is 0 Å². The maximum atomic E-state index is 10.8. The van der Waals surface area contributed by atoms with Gasteiger partial charge in [0.05, 0.1) is 32.2 Å². The first-order valence-corrected chi connectivity index (χ1v) is 6.63. The number of rotatable bonds is 6. The van der Waals surface area contributed by atoms with Gasteiger partial charge in [-0.05, 0) is 6.42 Å². The van der Waals surface area contributed by atoms with Gasteiger partial charge in [-0.25, -0.2) is 0 Å². The molecule has 0 saturated carbocycles. The van der Waals surface area contributed by atoms with E-state index in [-0.39, 0.29) is 18.8 Å². The van der Waals surface area contributed by atoms with E-state index in [0.29, 0.717) is 26.2 Å². The summed E-state index contributed by atoms with van der Waals surface area (Å²) in [7, 11) is -3.38. The molecule has 1 rings (SSSR count). The van der Waals surface area contributed by atoms with Crippen LogP contribution >= 0.6 is 0 Å². The Kier molecular flexibility index (Phi) is 4.94. The van der Waals surface area contributed by atoms with Gasteiger partial charge in [0.2, 0.25) is 0 Å². The Morgan fingerprint density at radius 2 is 2.27 bits per heavy atom. The van der Waals surface area contributed by atoms with Crippen molar-refractivity contribution in [2.75, 3.05) is 32.6 Å². The molecule has 0 spiro atoms. The van der Waals surface area contributed by atoms with Crippen LogP contribution < -0.4 is 5.32 Å². The van der Waals surface area contributed by atoms with Gasteiger partial charge in [0.25, 0.3) is 10.1 Å². The lowest BCUT2D eigenvalue weighted by atomic mass is 10.2. The summed E-state index contributed by atoms with van der Waals surface area (Å²) < 4.78 is 31.6. The summed E-state index contributed by atoms with van der Waals surface area (Å²) in [5.74, 6) is 0. The van der Waals surface area contributed by atoms with Gasteiger partial charge in [-0.1, -0.05) is 0 Å². The fourth-order valence-corrected chi connectivity index (χ4v) is 2.16. The summed E-state index contributed by atoms with van der Waals surface area (Å²) in [6.07, 6.45) is 1.35. The molecule has 15 heavy (non-hydrogen) atoms. The highest BCUT2D eigenvalue weighted by molar-refractivity contribution is 7.86. The number of aliphatic hydroxyl groups excluding tert-OH is 1. The molecular formula is C8H17NO5S. The van der Waals surface area contributed by atoms with Crippen LogP contribution in [0.5, 0.6) is 0 Å². The van der Waals surface area contributed by atoms with E-state index >= 15 is 0 Å². The monoisotopic (exact) mass is 239 g/mol. The maximum absolute atomic E-state index is 10.8. The lowest BCUT2D eigenvalue weighted by molar-refractivity contribution is 0.0782. The van der Waals surface area contributed by atoms with Gasteiger partial charge in [-0.2, -0.15) is 8.42 Å². The first kappa shape index (κ1) is 12.9. The maximum Gasteiger partial charge on any atom is 0.264 e. The standard InChI is InChI=1S/C8H17NO5S/c1-15(11,12)14-8-4-7(9-5-8)6-13-3-2-10/h7-10H,2-6H2,1H3. The van der Waals surface area contributed by atoms with Crippen molar-refractivity contribution < 1.29 is 22.4 Å². The van der Waals surface area contributed by atoms with Crippen LogP contribution in [0.2, 0.25) is 0 Å². The third-order valence-corrected chi connectivity index (χ3v) is 2.67. The van der Waals surface area contributed by atoms with Crippen LogP contribution in [-0.4, -0.2) is 58.3 Å². The Hall–Kier alpha value is -0.210. The van der Waals surface area contributed by atoms with Crippen LogP contribution in [0, 0.1) is 0 Å². The highest BCUT2D eigenvalue weighted by Gasteiger charge is 2.27. The second kappa shape index (κ2) is 5.76. The van der Waals surface area contributed by atoms with E-state index in [0.717, 1.165) is 6.26 Å². The number of ether oxygens (including phenoxy) is 1. The van der Waals surface area contributed by atoms with Crippen molar-refractivity contribution in [2.24, 2.45) is 0 Å². The minimum Gasteiger partial charge on any atom is -0.394 e. The Labute approximate surface area is 89.7 Å². The molecule has 1 heterocycles. The molecule has 0 radical (unpaired) electrons. The zero-order chi connectivity index (χ0) is 11.3. The largest absolute Gasteiger partial charge is 0.394 e. The molecule has 0 bridgehead atoms. The minimum atomic E-state index is -3.38. The summed E-state index contributed by atoms with van der Waals surface area (Å²) in [6.45, 7) is 1.27. The van der Waals surface area contributed by atoms with Gasteiger partial charge in [-0.3, -0.25) is 4.18 Å². The van der Waals surface area contributed by atoms with Gasteiger partial charge < -0.3 is 15.2 Å². The predicted octanol–water partition coefficient (Wildman–Crippen LogP) is -1.30. The second-order valence-corrected chi connectivity index (χ2v) is 5.16. The smallest absolute Gasteiger partial charge is 0.264 e. The van der Waals surface area contributed by atoms with E-state index in [2.05, 4.69) is 5.32 Å². The Bertz CT molecular complexity index is 279. The second-order valence-electron chi connectivity index (χ2n) is 3.56. The van der Waals surface area contributed by atoms with Crippen molar-refractivity contribution in [3.63, 3.8) is 0 Å². The van der Waals surface area contributed by atoms with Crippen molar-refractivity contribution in [1.29, 1.82) is 0 Å². The Morgan fingerprint density at radius 1 is 1.53 bits per heavy atom. The average molecular weight is 239 g/mol. The molecule has 2 N–H and O–H groups in total. The SMILES string of the molecule is CS(=O)(=O)OC1CNC(COCCO)C1. The van der Waals surface area contributed by atoms with E-state index in [1.807, 2.05) is 0 Å². The molecule has 1 aliphatic rings. The topological polar surface area (TPSA) is 84.9 Å². The summed E-state index contributed by atoms with van der Waals surface area (Å²) in [5.41, 5.74) is 0. The third-order valence-electron chi connectivity index (χ3n) is 2.05. The van der Waals surface area contributed by atoms with Crippen molar-refractivity contribution in [1.82, 2.24) is 5.32 Å². The third kappa shape index (κ3) is 5.43. The summed E-state index contributed by atoms with van der Waals surface area (Å²) >= 11 is 0. The number of aliphatic hydroxyl groups is 1. The van der Waals surface area contributed by atoms with E-state index in [1.165, 1.54) is 0 Å². The van der Waals surface area contributed by atoms with E-state index in [9.17, 15) is 8.42 Å². The predicted molar refractivity (Wildman–Crippen MR) is 54.0 cm³/mol. The zero-order valence-electron chi connectivity index (χ0n) is 8.68. The van der Waals surface area contributed by atoms with E-state index in [4.69, 9.17) is 14.0 Å². The molecule has 0 aromatic rings. The Morgan fingerprint density at radius 3 is 2.87 bits per heavy atom. The minimum absolute atomic E-state index is 0.00398. The molecular weight excluding hydrogens is 222 g/mol. The summed E-state index contributed by atoms with van der Waals surface area (Å²) in [5, 5.41) is 11.6. The first-order chi connectivity index (χ1) is 7.01. The number of nitrogens with one attached hydrogen (secondary N) is 1. The van der Waals surface area contributed by atoms with Crippen LogP contribution in [0.3, 0.4) is 0 Å². The van der Waals surface area contributed by atoms with E-state index < -0.39 is 10.1 Å². The van der Waals surface area contributed by atoms with Gasteiger partial charge in [-0.15, -0.1) is 0 Å². The molecule has 1 aliphatic heterocycles. The molecule has 2 unspecified atom stereocenters. The van der Waals surface area contributed by atoms with Gasteiger partial charge >= 0.3 is 0 Å². The van der Waals surface area contributed by atoms with Crippen LogP contribution in [0.4, 0.5) is 0 Å². The van der Waals surface area contributed by atoms with Crippen molar-refractivity contribution >= 4 is 10.1 Å². The lowest BCUT2D eigenvalue weighted by Crippen LogP contribution is -2.27. The normalized spacial score (nSPS) is 27.1. The van der Waals surface area contributed by atoms with Crippen molar-refractivity contribution in [2.45, 2.75) is 18.6 Å². The molecule has 0 aromatic heterocycles. The van der Waals surface area contributed by atoms with Crippen molar-refractivity contribution in [3.05, 3.63) is 0 Å². The highest BCUT2D eigenvalue weighted by Crippen LogP contribution is 2.12. The molecule has 2 atom stereocenters. The molecule has 7 heteroatoms. The fraction of sp³-hybridized carbons (Fsp3) is 1.00.